The zero-order valence-electron chi connectivity index (χ0n) is 13.5. The minimum atomic E-state index is -0.811. The quantitative estimate of drug-likeness (QED) is 0.633. The second-order valence-corrected chi connectivity index (χ2v) is 5.93. The Morgan fingerprint density at radius 3 is 2.64 bits per heavy atom. The molecule has 25 heavy (non-hydrogen) atoms. The Bertz CT molecular complexity index is 706. The lowest BCUT2D eigenvalue weighted by Gasteiger charge is -2.17. The minimum Gasteiger partial charge on any atom is -0.459 e. The van der Waals surface area contributed by atoms with Crippen LogP contribution in [0.3, 0.4) is 0 Å². The van der Waals surface area contributed by atoms with Crippen molar-refractivity contribution in [2.75, 3.05) is 12.0 Å². The molecule has 8 nitrogen and oxygen atoms in total. The van der Waals surface area contributed by atoms with Crippen LogP contribution in [0.15, 0.2) is 47.2 Å². The second kappa shape index (κ2) is 9.48. The zero-order valence-corrected chi connectivity index (χ0v) is 14.3. The number of thioether (sulfide) groups is 1. The highest BCUT2D eigenvalue weighted by atomic mass is 32.2. The summed E-state index contributed by atoms with van der Waals surface area (Å²) in [5, 5.41) is 2.59. The van der Waals surface area contributed by atoms with Gasteiger partial charge in [-0.1, -0.05) is 6.07 Å². The molecule has 0 aliphatic rings. The summed E-state index contributed by atoms with van der Waals surface area (Å²) in [5.74, 6) is -0.806. The highest BCUT2D eigenvalue weighted by molar-refractivity contribution is 7.98. The van der Waals surface area contributed by atoms with Crippen LogP contribution in [0.25, 0.3) is 0 Å². The Balaban J connectivity index is 1.93. The number of nitrogens with zero attached hydrogens (tertiary/aromatic N) is 1. The van der Waals surface area contributed by atoms with E-state index in [0.717, 1.165) is 0 Å². The number of nitrogens with one attached hydrogen (secondary N) is 3. The monoisotopic (exact) mass is 362 g/mol. The molecule has 0 aliphatic carbocycles. The Morgan fingerprint density at radius 2 is 2.00 bits per heavy atom. The molecule has 1 unspecified atom stereocenters. The molecule has 0 saturated carbocycles. The summed E-state index contributed by atoms with van der Waals surface area (Å²) in [6, 6.07) is 7.13. The molecule has 2 aromatic rings. The number of amides is 3. The summed E-state index contributed by atoms with van der Waals surface area (Å²) in [4.78, 5) is 40.1. The van der Waals surface area contributed by atoms with E-state index in [-0.39, 0.29) is 11.5 Å². The molecule has 0 saturated heterocycles. The van der Waals surface area contributed by atoms with Crippen LogP contribution in [0.2, 0.25) is 0 Å². The van der Waals surface area contributed by atoms with E-state index in [1.165, 1.54) is 24.6 Å². The second-order valence-electron chi connectivity index (χ2n) is 4.94. The number of hydrazine groups is 1. The summed E-state index contributed by atoms with van der Waals surface area (Å²) in [7, 11) is 0. The summed E-state index contributed by atoms with van der Waals surface area (Å²) in [5.41, 5.74) is 4.76. The lowest BCUT2D eigenvalue weighted by Crippen LogP contribution is -2.52. The van der Waals surface area contributed by atoms with Crippen molar-refractivity contribution < 1.29 is 18.8 Å². The van der Waals surface area contributed by atoms with E-state index in [0.29, 0.717) is 12.2 Å². The molecule has 3 amide bonds. The zero-order chi connectivity index (χ0) is 18.1. The van der Waals surface area contributed by atoms with Crippen LogP contribution in [0.5, 0.6) is 0 Å². The Labute approximate surface area is 148 Å². The van der Waals surface area contributed by atoms with Gasteiger partial charge in [0.25, 0.3) is 17.7 Å². The minimum absolute atomic E-state index is 0.111. The third kappa shape index (κ3) is 5.64. The molecule has 2 rings (SSSR count). The fourth-order valence-electron chi connectivity index (χ4n) is 1.91. The fraction of sp³-hybridized carbons (Fsp3) is 0.250. The smallest absolute Gasteiger partial charge is 0.288 e. The van der Waals surface area contributed by atoms with Crippen LogP contribution in [-0.2, 0) is 4.79 Å². The van der Waals surface area contributed by atoms with Gasteiger partial charge in [-0.25, -0.2) is 0 Å². The average Bonchev–Trinajstić information content (AvgIpc) is 3.18. The van der Waals surface area contributed by atoms with Gasteiger partial charge in [-0.2, -0.15) is 11.8 Å². The maximum absolute atomic E-state index is 12.3. The highest BCUT2D eigenvalue weighted by Gasteiger charge is 2.22. The van der Waals surface area contributed by atoms with E-state index in [2.05, 4.69) is 21.2 Å². The van der Waals surface area contributed by atoms with Crippen LogP contribution < -0.4 is 16.2 Å². The number of hydrogen-bond acceptors (Lipinski definition) is 6. The molecule has 0 radical (unpaired) electrons. The summed E-state index contributed by atoms with van der Waals surface area (Å²) in [6.45, 7) is 0. The summed E-state index contributed by atoms with van der Waals surface area (Å²) >= 11 is 1.54. The van der Waals surface area contributed by atoms with Crippen molar-refractivity contribution in [3.05, 3.63) is 54.2 Å². The Morgan fingerprint density at radius 1 is 1.16 bits per heavy atom. The molecule has 3 N–H and O–H groups in total. The molecule has 0 aliphatic heterocycles. The first-order valence-electron chi connectivity index (χ1n) is 7.46. The van der Waals surface area contributed by atoms with E-state index >= 15 is 0 Å². The number of rotatable bonds is 7. The highest BCUT2D eigenvalue weighted by Crippen LogP contribution is 2.04. The van der Waals surface area contributed by atoms with Crippen LogP contribution in [0, 0.1) is 0 Å². The van der Waals surface area contributed by atoms with E-state index in [9.17, 15) is 14.4 Å². The average molecular weight is 362 g/mol. The van der Waals surface area contributed by atoms with Gasteiger partial charge in [0.05, 0.1) is 6.26 Å². The standard InChI is InChI=1S/C16H18N4O4S/c1-25-10-7-12(18-16(23)13-6-4-9-24-13)15(22)20-19-14(21)11-5-2-3-8-17-11/h2-6,8-9,12H,7,10H2,1H3,(H,18,23)(H,19,21)(H,20,22). The topological polar surface area (TPSA) is 113 Å². The van der Waals surface area contributed by atoms with Crippen LogP contribution >= 0.6 is 11.8 Å². The molecule has 1 atom stereocenters. The Kier molecular flexibility index (Phi) is 7.02. The van der Waals surface area contributed by atoms with Gasteiger partial charge in [0.2, 0.25) is 0 Å². The van der Waals surface area contributed by atoms with E-state index in [4.69, 9.17) is 4.42 Å². The molecule has 132 valence electrons. The fourth-order valence-corrected chi connectivity index (χ4v) is 2.38. The third-order valence-electron chi connectivity index (χ3n) is 3.17. The number of carbonyl (C=O) groups is 3. The van der Waals surface area contributed by atoms with Crippen molar-refractivity contribution in [3.8, 4) is 0 Å². The van der Waals surface area contributed by atoms with Gasteiger partial charge in [0.15, 0.2) is 5.76 Å². The molecule has 2 aromatic heterocycles. The molecule has 0 bridgehead atoms. The molecule has 0 spiro atoms. The maximum atomic E-state index is 12.3. The first kappa shape index (κ1) is 18.5. The number of aromatic nitrogens is 1. The lowest BCUT2D eigenvalue weighted by atomic mass is 10.2. The van der Waals surface area contributed by atoms with Gasteiger partial charge in [-0.3, -0.25) is 30.2 Å². The van der Waals surface area contributed by atoms with Crippen LogP contribution in [0.4, 0.5) is 0 Å². The van der Waals surface area contributed by atoms with Crippen LogP contribution in [-0.4, -0.2) is 40.8 Å². The van der Waals surface area contributed by atoms with Gasteiger partial charge >= 0.3 is 0 Å². The van der Waals surface area contributed by atoms with E-state index in [1.54, 1.807) is 30.0 Å². The molecular formula is C16H18N4O4S. The molecule has 9 heteroatoms. The predicted molar refractivity (Wildman–Crippen MR) is 92.8 cm³/mol. The van der Waals surface area contributed by atoms with Crippen LogP contribution in [0.1, 0.15) is 27.5 Å². The van der Waals surface area contributed by atoms with Gasteiger partial charge in [0.1, 0.15) is 11.7 Å². The summed E-state index contributed by atoms with van der Waals surface area (Å²) < 4.78 is 5.01. The number of furan rings is 1. The van der Waals surface area contributed by atoms with Gasteiger partial charge < -0.3 is 9.73 Å². The lowest BCUT2D eigenvalue weighted by molar-refractivity contribution is -0.123. The maximum Gasteiger partial charge on any atom is 0.288 e. The molecule has 0 aromatic carbocycles. The largest absolute Gasteiger partial charge is 0.459 e. The number of hydrogen-bond donors (Lipinski definition) is 3. The summed E-state index contributed by atoms with van der Waals surface area (Å²) in [6.07, 6.45) is 5.14. The van der Waals surface area contributed by atoms with Gasteiger partial charge in [0, 0.05) is 6.20 Å². The third-order valence-corrected chi connectivity index (χ3v) is 3.82. The van der Waals surface area contributed by atoms with E-state index in [1.807, 2.05) is 6.26 Å². The molecule has 0 fully saturated rings. The van der Waals surface area contributed by atoms with Gasteiger partial charge in [-0.05, 0) is 42.7 Å². The normalized spacial score (nSPS) is 11.4. The number of pyridine rings is 1. The molecule has 2 heterocycles. The number of carbonyl (C=O) groups excluding carboxylic acids is 3. The first-order valence-corrected chi connectivity index (χ1v) is 8.85. The molecular weight excluding hydrogens is 344 g/mol. The van der Waals surface area contributed by atoms with Crippen molar-refractivity contribution in [3.63, 3.8) is 0 Å². The van der Waals surface area contributed by atoms with Crippen molar-refractivity contribution >= 4 is 29.5 Å². The van der Waals surface area contributed by atoms with E-state index < -0.39 is 23.8 Å². The van der Waals surface area contributed by atoms with Crippen molar-refractivity contribution in [2.45, 2.75) is 12.5 Å². The van der Waals surface area contributed by atoms with Gasteiger partial charge in [-0.15, -0.1) is 0 Å². The first-order chi connectivity index (χ1) is 12.1. The Hall–Kier alpha value is -2.81. The van der Waals surface area contributed by atoms with Crippen molar-refractivity contribution in [2.24, 2.45) is 0 Å². The SMILES string of the molecule is CSCCC(NC(=O)c1ccco1)C(=O)NNC(=O)c1ccccn1. The van der Waals surface area contributed by atoms with Crippen molar-refractivity contribution in [1.29, 1.82) is 0 Å². The van der Waals surface area contributed by atoms with Crippen molar-refractivity contribution in [1.82, 2.24) is 21.2 Å². The predicted octanol–water partition coefficient (Wildman–Crippen LogP) is 0.987.